The fourth-order valence-electron chi connectivity index (χ4n) is 1.16. The van der Waals surface area contributed by atoms with Crippen LogP contribution in [0, 0.1) is 0 Å². The van der Waals surface area contributed by atoms with E-state index in [-0.39, 0.29) is 0 Å². The monoisotopic (exact) mass is 201 g/mol. The van der Waals surface area contributed by atoms with E-state index < -0.39 is 0 Å². The number of rotatable bonds is 3. The Hall–Kier alpha value is -1.97. The third-order valence-corrected chi connectivity index (χ3v) is 1.94. The van der Waals surface area contributed by atoms with Crippen molar-refractivity contribution >= 4 is 12.2 Å². The Morgan fingerprint density at radius 1 is 1.20 bits per heavy atom. The van der Waals surface area contributed by atoms with E-state index in [1.165, 1.54) is 12.7 Å². The largest absolute Gasteiger partial charge is 0.462 e. The Morgan fingerprint density at radius 3 is 2.67 bits per heavy atom. The summed E-state index contributed by atoms with van der Waals surface area (Å²) in [5, 5.41) is 0. The van der Waals surface area contributed by atoms with Gasteiger partial charge in [-0.1, -0.05) is 6.92 Å². The highest BCUT2D eigenvalue weighted by molar-refractivity contribution is 5.63. The van der Waals surface area contributed by atoms with Gasteiger partial charge in [-0.3, -0.25) is 0 Å². The first-order chi connectivity index (χ1) is 7.38. The van der Waals surface area contributed by atoms with Crippen molar-refractivity contribution in [3.05, 3.63) is 42.1 Å². The van der Waals surface area contributed by atoms with Gasteiger partial charge in [0, 0.05) is 6.42 Å². The Kier molecular flexibility index (Phi) is 2.88. The first kappa shape index (κ1) is 9.58. The van der Waals surface area contributed by atoms with Gasteiger partial charge in [-0.15, -0.1) is 0 Å². The molecule has 0 atom stereocenters. The molecule has 0 amide bonds. The van der Waals surface area contributed by atoms with Crippen LogP contribution in [0.4, 0.5) is 0 Å². The molecular weight excluding hydrogens is 190 g/mol. The van der Waals surface area contributed by atoms with Gasteiger partial charge in [0.15, 0.2) is 5.82 Å². The Balaban J connectivity index is 2.11. The lowest BCUT2D eigenvalue weighted by molar-refractivity contribution is 0.508. The standard InChI is InChI=1S/C11H11N3O/c1-2-9-3-4-10(15-9)5-6-11-13-7-12-8-14-11/h3-8H,2H2,1H3. The summed E-state index contributed by atoms with van der Waals surface area (Å²) in [7, 11) is 0. The molecule has 0 aliphatic rings. The summed E-state index contributed by atoms with van der Waals surface area (Å²) in [5.74, 6) is 2.41. The molecule has 0 saturated carbocycles. The second kappa shape index (κ2) is 4.50. The molecule has 76 valence electrons. The topological polar surface area (TPSA) is 51.8 Å². The summed E-state index contributed by atoms with van der Waals surface area (Å²) in [6.07, 6.45) is 7.46. The number of hydrogen-bond acceptors (Lipinski definition) is 4. The SMILES string of the molecule is CCc1ccc(C=Cc2ncncn2)o1. The zero-order valence-corrected chi connectivity index (χ0v) is 8.42. The quantitative estimate of drug-likeness (QED) is 0.763. The second-order valence-corrected chi connectivity index (χ2v) is 2.99. The molecule has 0 saturated heterocycles. The first-order valence-electron chi connectivity index (χ1n) is 4.77. The van der Waals surface area contributed by atoms with Gasteiger partial charge in [0.1, 0.15) is 24.2 Å². The van der Waals surface area contributed by atoms with Gasteiger partial charge in [-0.25, -0.2) is 15.0 Å². The van der Waals surface area contributed by atoms with Gasteiger partial charge in [0.05, 0.1) is 0 Å². The zero-order valence-electron chi connectivity index (χ0n) is 8.42. The minimum atomic E-state index is 0.624. The van der Waals surface area contributed by atoms with Gasteiger partial charge in [0.2, 0.25) is 0 Å². The average molecular weight is 201 g/mol. The molecule has 2 aromatic heterocycles. The Bertz CT molecular complexity index is 448. The van der Waals surface area contributed by atoms with Crippen LogP contribution < -0.4 is 0 Å². The van der Waals surface area contributed by atoms with Gasteiger partial charge < -0.3 is 4.42 Å². The van der Waals surface area contributed by atoms with Crippen molar-refractivity contribution in [1.82, 2.24) is 15.0 Å². The minimum Gasteiger partial charge on any atom is -0.462 e. The first-order valence-corrected chi connectivity index (χ1v) is 4.77. The maximum absolute atomic E-state index is 5.50. The van der Waals surface area contributed by atoms with Crippen LogP contribution >= 0.6 is 0 Å². The molecule has 15 heavy (non-hydrogen) atoms. The number of aryl methyl sites for hydroxylation is 1. The van der Waals surface area contributed by atoms with Crippen LogP contribution in [0.2, 0.25) is 0 Å². The summed E-state index contributed by atoms with van der Waals surface area (Å²) in [5.41, 5.74) is 0. The molecule has 2 rings (SSSR count). The van der Waals surface area contributed by atoms with E-state index in [9.17, 15) is 0 Å². The fourth-order valence-corrected chi connectivity index (χ4v) is 1.16. The Labute approximate surface area is 87.7 Å². The lowest BCUT2D eigenvalue weighted by Crippen LogP contribution is -1.85. The molecule has 0 radical (unpaired) electrons. The number of aromatic nitrogens is 3. The highest BCUT2D eigenvalue weighted by Crippen LogP contribution is 2.10. The summed E-state index contributed by atoms with van der Waals surface area (Å²) in [6.45, 7) is 2.05. The van der Waals surface area contributed by atoms with E-state index in [1.54, 1.807) is 6.08 Å². The normalized spacial score (nSPS) is 11.0. The van der Waals surface area contributed by atoms with Crippen LogP contribution in [-0.4, -0.2) is 15.0 Å². The van der Waals surface area contributed by atoms with Gasteiger partial charge in [-0.05, 0) is 24.3 Å². The highest BCUT2D eigenvalue weighted by Gasteiger charge is 1.96. The lowest BCUT2D eigenvalue weighted by Gasteiger charge is -1.88. The van der Waals surface area contributed by atoms with Crippen molar-refractivity contribution in [3.8, 4) is 0 Å². The number of nitrogens with zero attached hydrogens (tertiary/aromatic N) is 3. The van der Waals surface area contributed by atoms with E-state index in [2.05, 4.69) is 21.9 Å². The number of hydrogen-bond donors (Lipinski definition) is 0. The van der Waals surface area contributed by atoms with Crippen LogP contribution in [0.5, 0.6) is 0 Å². The third kappa shape index (κ3) is 2.49. The van der Waals surface area contributed by atoms with Crippen molar-refractivity contribution < 1.29 is 4.42 Å². The maximum Gasteiger partial charge on any atom is 0.155 e. The van der Waals surface area contributed by atoms with Crippen LogP contribution in [0.25, 0.3) is 12.2 Å². The van der Waals surface area contributed by atoms with E-state index >= 15 is 0 Å². The average Bonchev–Trinajstić information content (AvgIpc) is 2.76. The minimum absolute atomic E-state index is 0.624. The summed E-state index contributed by atoms with van der Waals surface area (Å²) in [6, 6.07) is 3.89. The predicted molar refractivity (Wildman–Crippen MR) is 56.8 cm³/mol. The molecule has 0 aromatic carbocycles. The molecule has 0 fully saturated rings. The third-order valence-electron chi connectivity index (χ3n) is 1.94. The van der Waals surface area contributed by atoms with Crippen LogP contribution in [-0.2, 0) is 6.42 Å². The molecule has 0 aliphatic heterocycles. The summed E-state index contributed by atoms with van der Waals surface area (Å²) >= 11 is 0. The van der Waals surface area contributed by atoms with Gasteiger partial charge >= 0.3 is 0 Å². The molecule has 0 N–H and O–H groups in total. The van der Waals surface area contributed by atoms with Crippen molar-refractivity contribution in [2.75, 3.05) is 0 Å². The van der Waals surface area contributed by atoms with Gasteiger partial charge in [0.25, 0.3) is 0 Å². The van der Waals surface area contributed by atoms with Gasteiger partial charge in [-0.2, -0.15) is 0 Å². The lowest BCUT2D eigenvalue weighted by atomic mass is 10.3. The van der Waals surface area contributed by atoms with Crippen molar-refractivity contribution in [3.63, 3.8) is 0 Å². The molecular formula is C11H11N3O. The van der Waals surface area contributed by atoms with Crippen molar-refractivity contribution in [2.45, 2.75) is 13.3 Å². The summed E-state index contributed by atoms with van der Waals surface area (Å²) in [4.78, 5) is 11.7. The molecule has 0 aliphatic carbocycles. The van der Waals surface area contributed by atoms with E-state index in [0.717, 1.165) is 17.9 Å². The van der Waals surface area contributed by atoms with Crippen LogP contribution in [0.1, 0.15) is 24.3 Å². The van der Waals surface area contributed by atoms with E-state index in [0.29, 0.717) is 5.82 Å². The van der Waals surface area contributed by atoms with E-state index in [1.807, 2.05) is 18.2 Å². The fraction of sp³-hybridized carbons (Fsp3) is 0.182. The van der Waals surface area contributed by atoms with E-state index in [4.69, 9.17) is 4.42 Å². The molecule has 2 heterocycles. The zero-order chi connectivity index (χ0) is 10.5. The molecule has 4 heteroatoms. The molecule has 2 aromatic rings. The van der Waals surface area contributed by atoms with Crippen LogP contribution in [0.15, 0.2) is 29.2 Å². The number of furan rings is 1. The molecule has 0 spiro atoms. The highest BCUT2D eigenvalue weighted by atomic mass is 16.3. The molecule has 4 nitrogen and oxygen atoms in total. The van der Waals surface area contributed by atoms with Crippen LogP contribution in [0.3, 0.4) is 0 Å². The predicted octanol–water partition coefficient (Wildman–Crippen LogP) is 2.20. The van der Waals surface area contributed by atoms with Crippen molar-refractivity contribution in [1.29, 1.82) is 0 Å². The molecule has 0 bridgehead atoms. The second-order valence-electron chi connectivity index (χ2n) is 2.99. The smallest absolute Gasteiger partial charge is 0.155 e. The Morgan fingerprint density at radius 2 is 2.00 bits per heavy atom. The maximum atomic E-state index is 5.50. The molecule has 0 unspecified atom stereocenters. The van der Waals surface area contributed by atoms with Crippen molar-refractivity contribution in [2.24, 2.45) is 0 Å². The summed E-state index contributed by atoms with van der Waals surface area (Å²) < 4.78 is 5.50.